The molecule has 3 aromatic carbocycles. The first-order valence-corrected chi connectivity index (χ1v) is 10.8. The lowest BCUT2D eigenvalue weighted by Crippen LogP contribution is -2.14. The summed E-state index contributed by atoms with van der Waals surface area (Å²) in [6.07, 6.45) is 3.11. The van der Waals surface area contributed by atoms with Crippen LogP contribution in [0.4, 0.5) is 11.4 Å². The Morgan fingerprint density at radius 3 is 2.26 bits per heavy atom. The molecular weight excluding hydrogens is 416 g/mol. The van der Waals surface area contributed by atoms with E-state index in [2.05, 4.69) is 10.0 Å². The molecule has 0 heterocycles. The Morgan fingerprint density at radius 1 is 0.903 bits per heavy atom. The van der Waals surface area contributed by atoms with Gasteiger partial charge in [-0.15, -0.1) is 0 Å². The van der Waals surface area contributed by atoms with Crippen molar-refractivity contribution < 1.29 is 22.7 Å². The Bertz CT molecular complexity index is 1170. The van der Waals surface area contributed by atoms with Crippen molar-refractivity contribution in [1.29, 1.82) is 0 Å². The van der Waals surface area contributed by atoms with Gasteiger partial charge in [-0.1, -0.05) is 30.3 Å². The molecule has 0 aliphatic carbocycles. The Morgan fingerprint density at radius 2 is 1.61 bits per heavy atom. The Hall–Kier alpha value is -3.78. The fourth-order valence-corrected chi connectivity index (χ4v) is 3.80. The third-order valence-electron chi connectivity index (χ3n) is 4.31. The summed E-state index contributed by atoms with van der Waals surface area (Å²) in [5.74, 6) is 0.525. The highest BCUT2D eigenvalue weighted by Crippen LogP contribution is 2.31. The summed E-state index contributed by atoms with van der Waals surface area (Å²) in [4.78, 5) is 12.1. The third-order valence-corrected chi connectivity index (χ3v) is 5.69. The number of anilines is 2. The molecular formula is C23H22N2O5S. The van der Waals surface area contributed by atoms with Crippen LogP contribution < -0.4 is 19.5 Å². The second-order valence-corrected chi connectivity index (χ2v) is 8.11. The maximum atomic E-state index is 12.8. The van der Waals surface area contributed by atoms with E-state index < -0.39 is 10.0 Å². The van der Waals surface area contributed by atoms with Gasteiger partial charge in [-0.3, -0.25) is 9.52 Å². The van der Waals surface area contributed by atoms with Gasteiger partial charge in [0.05, 0.1) is 24.8 Å². The number of carbonyl (C=O) groups is 1. The summed E-state index contributed by atoms with van der Waals surface area (Å²) in [5.41, 5.74) is 1.63. The molecule has 0 aliphatic heterocycles. The Balaban J connectivity index is 1.70. The number of ether oxygens (including phenoxy) is 2. The van der Waals surface area contributed by atoms with Gasteiger partial charge in [-0.2, -0.15) is 0 Å². The van der Waals surface area contributed by atoms with Gasteiger partial charge in [-0.05, 0) is 48.0 Å². The molecule has 0 fully saturated rings. The second kappa shape index (κ2) is 9.82. The highest BCUT2D eigenvalue weighted by Gasteiger charge is 2.17. The summed E-state index contributed by atoms with van der Waals surface area (Å²) in [6.45, 7) is 0. The first-order chi connectivity index (χ1) is 14.9. The van der Waals surface area contributed by atoms with Crippen LogP contribution in [-0.4, -0.2) is 28.5 Å². The van der Waals surface area contributed by atoms with Crippen LogP contribution in [0.15, 0.2) is 83.8 Å². The van der Waals surface area contributed by atoms with Crippen molar-refractivity contribution in [2.75, 3.05) is 24.3 Å². The minimum atomic E-state index is -3.87. The number of rotatable bonds is 8. The zero-order valence-corrected chi connectivity index (χ0v) is 17.8. The van der Waals surface area contributed by atoms with Gasteiger partial charge in [0.2, 0.25) is 5.91 Å². The summed E-state index contributed by atoms with van der Waals surface area (Å²) in [6, 6.07) is 20.1. The normalized spacial score (nSPS) is 11.2. The van der Waals surface area contributed by atoms with Gasteiger partial charge in [-0.25, -0.2) is 8.42 Å². The molecule has 0 bridgehead atoms. The number of benzene rings is 3. The first-order valence-electron chi connectivity index (χ1n) is 9.30. The summed E-state index contributed by atoms with van der Waals surface area (Å²) in [7, 11) is -0.939. The molecule has 0 saturated heterocycles. The largest absolute Gasteiger partial charge is 0.497 e. The molecule has 1 amide bonds. The topological polar surface area (TPSA) is 93.7 Å². The highest BCUT2D eigenvalue weighted by molar-refractivity contribution is 7.92. The zero-order chi connectivity index (χ0) is 22.3. The van der Waals surface area contributed by atoms with E-state index in [4.69, 9.17) is 9.47 Å². The number of hydrogen-bond donors (Lipinski definition) is 2. The maximum Gasteiger partial charge on any atom is 0.262 e. The molecule has 0 atom stereocenters. The van der Waals surface area contributed by atoms with Crippen molar-refractivity contribution in [3.8, 4) is 11.5 Å². The van der Waals surface area contributed by atoms with E-state index in [1.54, 1.807) is 18.2 Å². The van der Waals surface area contributed by atoms with Crippen LogP contribution in [0.25, 0.3) is 6.08 Å². The summed E-state index contributed by atoms with van der Waals surface area (Å²) < 4.78 is 38.4. The monoisotopic (exact) mass is 438 g/mol. The summed E-state index contributed by atoms with van der Waals surface area (Å²) in [5, 5.41) is 2.70. The average Bonchev–Trinajstić information content (AvgIpc) is 2.78. The number of methoxy groups -OCH3 is 2. The quantitative estimate of drug-likeness (QED) is 0.515. The predicted octanol–water partition coefficient (Wildman–Crippen LogP) is 4.16. The first kappa shape index (κ1) is 21.9. The van der Waals surface area contributed by atoms with E-state index in [1.807, 2.05) is 30.3 Å². The van der Waals surface area contributed by atoms with Crippen LogP contribution in [0, 0.1) is 0 Å². The van der Waals surface area contributed by atoms with E-state index >= 15 is 0 Å². The van der Waals surface area contributed by atoms with Gasteiger partial charge >= 0.3 is 0 Å². The molecule has 0 radical (unpaired) electrons. The van der Waals surface area contributed by atoms with Gasteiger partial charge in [0.1, 0.15) is 11.5 Å². The molecule has 160 valence electrons. The van der Waals surface area contributed by atoms with Crippen LogP contribution in [0.2, 0.25) is 0 Å². The minimum absolute atomic E-state index is 0.0372. The molecule has 31 heavy (non-hydrogen) atoms. The molecule has 0 aliphatic rings. The van der Waals surface area contributed by atoms with Gasteiger partial charge in [0.25, 0.3) is 10.0 Å². The smallest absolute Gasteiger partial charge is 0.262 e. The number of nitrogens with one attached hydrogen (secondary N) is 2. The van der Waals surface area contributed by atoms with Crippen molar-refractivity contribution in [2.24, 2.45) is 0 Å². The number of hydrogen-bond acceptors (Lipinski definition) is 5. The molecule has 7 nitrogen and oxygen atoms in total. The minimum Gasteiger partial charge on any atom is -0.497 e. The molecule has 3 aromatic rings. The number of sulfonamides is 1. The van der Waals surface area contributed by atoms with Crippen molar-refractivity contribution in [3.05, 3.63) is 84.4 Å². The van der Waals surface area contributed by atoms with Gasteiger partial charge in [0, 0.05) is 17.8 Å². The standard InChI is InChI=1S/C23H22N2O5S/c1-29-19-11-14-22(30-2)21(16-19)25-31(27,28)20-12-9-18(10-13-20)24-23(26)15-8-17-6-4-3-5-7-17/h3-16,25H,1-2H3,(H,24,26)/b15-8+. The Labute approximate surface area is 181 Å². The molecule has 2 N–H and O–H groups in total. The molecule has 8 heteroatoms. The van der Waals surface area contributed by atoms with Gasteiger partial charge < -0.3 is 14.8 Å². The van der Waals surface area contributed by atoms with Crippen LogP contribution in [-0.2, 0) is 14.8 Å². The lowest BCUT2D eigenvalue weighted by atomic mass is 10.2. The fraction of sp³-hybridized carbons (Fsp3) is 0.0870. The van der Waals surface area contributed by atoms with Crippen molar-refractivity contribution in [1.82, 2.24) is 0 Å². The van der Waals surface area contributed by atoms with Crippen LogP contribution in [0.5, 0.6) is 11.5 Å². The lowest BCUT2D eigenvalue weighted by Gasteiger charge is -2.13. The predicted molar refractivity (Wildman–Crippen MR) is 121 cm³/mol. The molecule has 0 spiro atoms. The molecule has 0 aromatic heterocycles. The van der Waals surface area contributed by atoms with Gasteiger partial charge in [0.15, 0.2) is 0 Å². The maximum absolute atomic E-state index is 12.8. The SMILES string of the molecule is COc1ccc(OC)c(NS(=O)(=O)c2ccc(NC(=O)/C=C/c3ccccc3)cc2)c1. The highest BCUT2D eigenvalue weighted by atomic mass is 32.2. The fourth-order valence-electron chi connectivity index (χ4n) is 2.73. The lowest BCUT2D eigenvalue weighted by molar-refractivity contribution is -0.111. The number of carbonyl (C=O) groups excluding carboxylic acids is 1. The van der Waals surface area contributed by atoms with Crippen LogP contribution in [0.1, 0.15) is 5.56 Å². The van der Waals surface area contributed by atoms with E-state index in [0.29, 0.717) is 17.2 Å². The van der Waals surface area contributed by atoms with E-state index in [9.17, 15) is 13.2 Å². The summed E-state index contributed by atoms with van der Waals surface area (Å²) >= 11 is 0. The van der Waals surface area contributed by atoms with E-state index in [0.717, 1.165) is 5.56 Å². The molecule has 0 unspecified atom stereocenters. The number of amides is 1. The van der Waals surface area contributed by atoms with Crippen molar-refractivity contribution >= 4 is 33.4 Å². The Kier molecular flexibility index (Phi) is 6.94. The van der Waals surface area contributed by atoms with Crippen LogP contribution >= 0.6 is 0 Å². The molecule has 0 saturated carbocycles. The van der Waals surface area contributed by atoms with E-state index in [-0.39, 0.29) is 16.5 Å². The average molecular weight is 439 g/mol. The van der Waals surface area contributed by atoms with Crippen LogP contribution in [0.3, 0.4) is 0 Å². The van der Waals surface area contributed by atoms with Crippen molar-refractivity contribution in [3.63, 3.8) is 0 Å². The van der Waals surface area contributed by atoms with Crippen molar-refractivity contribution in [2.45, 2.75) is 4.90 Å². The zero-order valence-electron chi connectivity index (χ0n) is 17.0. The van der Waals surface area contributed by atoms with E-state index in [1.165, 1.54) is 50.6 Å². The second-order valence-electron chi connectivity index (χ2n) is 6.43. The third kappa shape index (κ3) is 5.86. The molecule has 3 rings (SSSR count).